The molecular weight excluding hydrogens is 352 g/mol. The van der Waals surface area contributed by atoms with Crippen molar-refractivity contribution in [1.82, 2.24) is 0 Å². The summed E-state index contributed by atoms with van der Waals surface area (Å²) in [6, 6.07) is 0. The van der Waals surface area contributed by atoms with Gasteiger partial charge in [-0.15, -0.1) is 0 Å². The van der Waals surface area contributed by atoms with Crippen LogP contribution in [0.25, 0.3) is 0 Å². The van der Waals surface area contributed by atoms with Gasteiger partial charge in [0.1, 0.15) is 18.3 Å². The Kier molecular flexibility index (Phi) is 7.93. The Hall–Kier alpha value is -0.410. The molecule has 0 spiro atoms. The Bertz CT molecular complexity index is 483. The van der Waals surface area contributed by atoms with E-state index < -0.39 is 72.1 Å². The minimum absolute atomic E-state index is 0.0149. The monoisotopic (exact) mass is 375 g/mol. The maximum atomic E-state index is 10.8. The maximum absolute atomic E-state index is 10.8. The molecule has 8 atom stereocenters. The van der Waals surface area contributed by atoms with E-state index in [2.05, 4.69) is 4.18 Å². The molecule has 1 aliphatic carbocycles. The van der Waals surface area contributed by atoms with Crippen LogP contribution in [0.15, 0.2) is 0 Å². The SMILES string of the molecule is O=S(=O)([O-])O[C@@H]([C@H](O)[C@@H](O)CO)[C@H](O)C[C@@H]1C[C@@H](O)[C@H](O)[C@H]1CO. The highest BCUT2D eigenvalue weighted by Gasteiger charge is 2.44. The summed E-state index contributed by atoms with van der Waals surface area (Å²) in [6.45, 7) is -1.49. The van der Waals surface area contributed by atoms with Crippen molar-refractivity contribution in [3.05, 3.63) is 0 Å². The number of aliphatic hydroxyl groups excluding tert-OH is 7. The molecule has 7 N–H and O–H groups in total. The fourth-order valence-electron chi connectivity index (χ4n) is 2.97. The molecule has 0 amide bonds. The Balaban J connectivity index is 2.89. The van der Waals surface area contributed by atoms with E-state index in [9.17, 15) is 43.6 Å². The van der Waals surface area contributed by atoms with E-state index in [4.69, 9.17) is 5.11 Å². The van der Waals surface area contributed by atoms with Crippen LogP contribution >= 0.6 is 0 Å². The maximum Gasteiger partial charge on any atom is 0.218 e. The van der Waals surface area contributed by atoms with Crippen LogP contribution in [0.5, 0.6) is 0 Å². The molecule has 0 aliphatic heterocycles. The lowest BCUT2D eigenvalue weighted by Gasteiger charge is -2.32. The first kappa shape index (κ1) is 21.6. The molecule has 1 fully saturated rings. The molecular formula is C12H23O11S-. The summed E-state index contributed by atoms with van der Waals surface area (Å²) in [4.78, 5) is 0. The summed E-state index contributed by atoms with van der Waals surface area (Å²) in [6.07, 6.45) is -10.6. The second-order valence-electron chi connectivity index (χ2n) is 5.91. The molecule has 0 radical (unpaired) electrons. The average molecular weight is 375 g/mol. The van der Waals surface area contributed by atoms with Crippen molar-refractivity contribution in [2.45, 2.75) is 49.5 Å². The molecule has 11 nitrogen and oxygen atoms in total. The fraction of sp³-hybridized carbons (Fsp3) is 1.00. The fourth-order valence-corrected chi connectivity index (χ4v) is 3.49. The van der Waals surface area contributed by atoms with Crippen molar-refractivity contribution in [3.63, 3.8) is 0 Å². The van der Waals surface area contributed by atoms with Crippen LogP contribution in [0.3, 0.4) is 0 Å². The smallest absolute Gasteiger partial charge is 0.218 e. The Morgan fingerprint density at radius 1 is 1.12 bits per heavy atom. The molecule has 0 aromatic heterocycles. The van der Waals surface area contributed by atoms with Crippen molar-refractivity contribution in [2.24, 2.45) is 11.8 Å². The Morgan fingerprint density at radius 3 is 2.17 bits per heavy atom. The van der Waals surface area contributed by atoms with Gasteiger partial charge in [0.25, 0.3) is 0 Å². The molecule has 0 heterocycles. The van der Waals surface area contributed by atoms with E-state index in [1.54, 1.807) is 0 Å². The summed E-state index contributed by atoms with van der Waals surface area (Å²) in [5, 5.41) is 66.6. The van der Waals surface area contributed by atoms with Crippen LogP contribution in [0.4, 0.5) is 0 Å². The number of hydrogen-bond acceptors (Lipinski definition) is 11. The molecule has 12 heteroatoms. The van der Waals surface area contributed by atoms with E-state index >= 15 is 0 Å². The normalized spacial score (nSPS) is 33.2. The van der Waals surface area contributed by atoms with Gasteiger partial charge in [-0.3, -0.25) is 4.18 Å². The first-order chi connectivity index (χ1) is 11.0. The van der Waals surface area contributed by atoms with Crippen LogP contribution < -0.4 is 0 Å². The van der Waals surface area contributed by atoms with Gasteiger partial charge in [0.2, 0.25) is 10.4 Å². The number of aliphatic hydroxyl groups is 7. The van der Waals surface area contributed by atoms with Crippen molar-refractivity contribution >= 4 is 10.4 Å². The number of rotatable bonds is 9. The quantitative estimate of drug-likeness (QED) is 0.151. The van der Waals surface area contributed by atoms with Gasteiger partial charge in [0, 0.05) is 12.5 Å². The predicted molar refractivity (Wildman–Crippen MR) is 75.0 cm³/mol. The lowest BCUT2D eigenvalue weighted by Crippen LogP contribution is -2.49. The van der Waals surface area contributed by atoms with E-state index in [0.29, 0.717) is 0 Å². The van der Waals surface area contributed by atoms with Crippen LogP contribution in [0, 0.1) is 11.8 Å². The summed E-state index contributed by atoms with van der Waals surface area (Å²) in [5.74, 6) is -1.46. The van der Waals surface area contributed by atoms with Crippen LogP contribution in [-0.2, 0) is 14.6 Å². The van der Waals surface area contributed by atoms with E-state index in [-0.39, 0.29) is 12.8 Å². The molecule has 1 saturated carbocycles. The molecule has 1 aliphatic rings. The summed E-state index contributed by atoms with van der Waals surface area (Å²) < 4.78 is 36.4. The molecule has 24 heavy (non-hydrogen) atoms. The molecule has 1 rings (SSSR count). The minimum Gasteiger partial charge on any atom is -0.726 e. The van der Waals surface area contributed by atoms with Gasteiger partial charge in [-0.05, 0) is 18.8 Å². The van der Waals surface area contributed by atoms with Crippen molar-refractivity contribution < 1.29 is 52.9 Å². The van der Waals surface area contributed by atoms with Crippen LogP contribution in [0.1, 0.15) is 12.8 Å². The highest BCUT2D eigenvalue weighted by Crippen LogP contribution is 2.36. The van der Waals surface area contributed by atoms with Gasteiger partial charge in [-0.25, -0.2) is 8.42 Å². The third-order valence-electron chi connectivity index (χ3n) is 4.26. The standard InChI is InChI=1S/C12H24O11S/c13-3-6-5(1-7(15)10(6)18)2-8(16)12(23-24(20,21)22)11(19)9(17)4-14/h5-19H,1-4H2,(H,20,21,22)/p-1/t5-,6-,7+,8+,9-,10+,11+,12+/m0/s1. The van der Waals surface area contributed by atoms with Gasteiger partial charge in [-0.1, -0.05) is 0 Å². The third-order valence-corrected chi connectivity index (χ3v) is 4.72. The zero-order valence-electron chi connectivity index (χ0n) is 12.6. The van der Waals surface area contributed by atoms with Crippen molar-refractivity contribution in [2.75, 3.05) is 13.2 Å². The Morgan fingerprint density at radius 2 is 1.71 bits per heavy atom. The molecule has 0 bridgehead atoms. The van der Waals surface area contributed by atoms with Crippen molar-refractivity contribution in [1.29, 1.82) is 0 Å². The second-order valence-corrected chi connectivity index (χ2v) is 6.92. The first-order valence-corrected chi connectivity index (χ1v) is 8.61. The number of hydrogen-bond donors (Lipinski definition) is 7. The molecule has 0 saturated heterocycles. The Labute approximate surface area is 138 Å². The zero-order valence-corrected chi connectivity index (χ0v) is 13.4. The van der Waals surface area contributed by atoms with E-state index in [0.717, 1.165) is 0 Å². The van der Waals surface area contributed by atoms with Crippen molar-refractivity contribution in [3.8, 4) is 0 Å². The highest BCUT2D eigenvalue weighted by atomic mass is 32.3. The van der Waals surface area contributed by atoms with E-state index in [1.807, 2.05) is 0 Å². The largest absolute Gasteiger partial charge is 0.726 e. The minimum atomic E-state index is -5.34. The predicted octanol–water partition coefficient (Wildman–Crippen LogP) is -4.35. The highest BCUT2D eigenvalue weighted by molar-refractivity contribution is 7.80. The van der Waals surface area contributed by atoms with Gasteiger partial charge < -0.3 is 40.3 Å². The van der Waals surface area contributed by atoms with Crippen LogP contribution in [0.2, 0.25) is 0 Å². The van der Waals surface area contributed by atoms with E-state index in [1.165, 1.54) is 0 Å². The second kappa shape index (κ2) is 8.80. The summed E-state index contributed by atoms with van der Waals surface area (Å²) in [5.41, 5.74) is 0. The molecule has 0 aromatic rings. The van der Waals surface area contributed by atoms with Crippen LogP contribution in [-0.4, -0.2) is 98.6 Å². The first-order valence-electron chi connectivity index (χ1n) is 7.28. The summed E-state index contributed by atoms with van der Waals surface area (Å²) in [7, 11) is -5.34. The summed E-state index contributed by atoms with van der Waals surface area (Å²) >= 11 is 0. The molecule has 0 unspecified atom stereocenters. The lowest BCUT2D eigenvalue weighted by molar-refractivity contribution is -0.111. The topological polar surface area (TPSA) is 208 Å². The van der Waals surface area contributed by atoms with Gasteiger partial charge in [-0.2, -0.15) is 0 Å². The average Bonchev–Trinajstić information content (AvgIpc) is 2.76. The van der Waals surface area contributed by atoms with Gasteiger partial charge in [0.15, 0.2) is 0 Å². The van der Waals surface area contributed by atoms with Gasteiger partial charge in [0.05, 0.1) is 24.9 Å². The molecule has 0 aromatic carbocycles. The lowest BCUT2D eigenvalue weighted by atomic mass is 9.87. The third kappa shape index (κ3) is 5.56. The molecule has 144 valence electrons. The zero-order chi connectivity index (χ0) is 18.7. The van der Waals surface area contributed by atoms with Gasteiger partial charge >= 0.3 is 0 Å².